The summed E-state index contributed by atoms with van der Waals surface area (Å²) in [5.41, 5.74) is 0.245. The fourth-order valence-corrected chi connectivity index (χ4v) is 1.37. The average molecular weight is 259 g/mol. The van der Waals surface area contributed by atoms with E-state index < -0.39 is 11.8 Å². The summed E-state index contributed by atoms with van der Waals surface area (Å²) in [7, 11) is 1.23. The van der Waals surface area contributed by atoms with E-state index >= 15 is 0 Å². The predicted octanol–water partition coefficient (Wildman–Crippen LogP) is 2.91. The fraction of sp³-hybridized carbons (Fsp3) is 0.0909. The molecule has 0 aromatic heterocycles. The number of ketones is 1. The lowest BCUT2D eigenvalue weighted by Gasteiger charge is -2.00. The Kier molecular flexibility index (Phi) is 4.52. The van der Waals surface area contributed by atoms with Crippen LogP contribution in [-0.2, 0) is 9.53 Å². The van der Waals surface area contributed by atoms with Gasteiger partial charge in [0.25, 0.3) is 0 Å². The lowest BCUT2D eigenvalue weighted by atomic mass is 10.1. The summed E-state index contributed by atoms with van der Waals surface area (Å²) >= 11 is 11.5. The largest absolute Gasteiger partial charge is 0.466 e. The topological polar surface area (TPSA) is 43.4 Å². The summed E-state index contributed by atoms with van der Waals surface area (Å²) < 4.78 is 4.35. The van der Waals surface area contributed by atoms with Gasteiger partial charge in [0.2, 0.25) is 0 Å². The Morgan fingerprint density at radius 3 is 2.56 bits per heavy atom. The van der Waals surface area contributed by atoms with Crippen LogP contribution < -0.4 is 0 Å². The van der Waals surface area contributed by atoms with Crippen LogP contribution in [0.2, 0.25) is 10.0 Å². The first-order valence-corrected chi connectivity index (χ1v) is 5.05. The summed E-state index contributed by atoms with van der Waals surface area (Å²) in [6, 6.07) is 4.53. The number of hydrogen-bond donors (Lipinski definition) is 0. The molecule has 0 bridgehead atoms. The van der Waals surface area contributed by atoms with Crippen LogP contribution in [0.15, 0.2) is 30.4 Å². The molecule has 0 amide bonds. The molecule has 1 rings (SSSR count). The first-order valence-electron chi connectivity index (χ1n) is 4.30. The third-order valence-corrected chi connectivity index (χ3v) is 2.33. The van der Waals surface area contributed by atoms with E-state index in [-0.39, 0.29) is 10.6 Å². The van der Waals surface area contributed by atoms with Crippen molar-refractivity contribution in [2.45, 2.75) is 0 Å². The summed E-state index contributed by atoms with van der Waals surface area (Å²) in [4.78, 5) is 22.4. The standard InChI is InChI=1S/C11H8Cl2O3/c1-16-11(15)5-4-10(14)8-6-7(12)2-3-9(8)13/h2-6H,1H3/b5-4+. The number of methoxy groups -OCH3 is 1. The summed E-state index contributed by atoms with van der Waals surface area (Å²) in [5.74, 6) is -1.01. The van der Waals surface area contributed by atoms with Crippen LogP contribution in [0.1, 0.15) is 10.4 Å². The van der Waals surface area contributed by atoms with E-state index in [4.69, 9.17) is 23.2 Å². The zero-order valence-electron chi connectivity index (χ0n) is 8.37. The number of carbonyl (C=O) groups excluding carboxylic acids is 2. The molecule has 1 aromatic carbocycles. The second kappa shape index (κ2) is 5.68. The summed E-state index contributed by atoms with van der Waals surface area (Å²) in [5, 5.41) is 0.683. The molecule has 0 atom stereocenters. The fourth-order valence-electron chi connectivity index (χ4n) is 0.988. The molecule has 0 spiro atoms. The summed E-state index contributed by atoms with van der Waals surface area (Å²) in [6.45, 7) is 0. The van der Waals surface area contributed by atoms with Gasteiger partial charge in [-0.1, -0.05) is 23.2 Å². The highest BCUT2D eigenvalue weighted by molar-refractivity contribution is 6.36. The second-order valence-corrected chi connectivity index (χ2v) is 3.69. The molecule has 0 N–H and O–H groups in total. The number of benzene rings is 1. The highest BCUT2D eigenvalue weighted by Crippen LogP contribution is 2.21. The van der Waals surface area contributed by atoms with E-state index in [1.807, 2.05) is 0 Å². The average Bonchev–Trinajstić information content (AvgIpc) is 2.28. The molecule has 0 aliphatic rings. The van der Waals surface area contributed by atoms with Gasteiger partial charge in [0, 0.05) is 16.7 Å². The van der Waals surface area contributed by atoms with Crippen molar-refractivity contribution in [3.63, 3.8) is 0 Å². The molecule has 0 saturated heterocycles. The van der Waals surface area contributed by atoms with Crippen molar-refractivity contribution in [1.29, 1.82) is 0 Å². The van der Waals surface area contributed by atoms with Crippen molar-refractivity contribution in [2.75, 3.05) is 7.11 Å². The van der Waals surface area contributed by atoms with E-state index in [9.17, 15) is 9.59 Å². The van der Waals surface area contributed by atoms with Gasteiger partial charge in [-0.3, -0.25) is 4.79 Å². The van der Waals surface area contributed by atoms with Crippen LogP contribution >= 0.6 is 23.2 Å². The van der Waals surface area contributed by atoms with Crippen molar-refractivity contribution >= 4 is 35.0 Å². The Bertz CT molecular complexity index is 453. The molecule has 0 fully saturated rings. The van der Waals surface area contributed by atoms with Crippen molar-refractivity contribution in [2.24, 2.45) is 0 Å². The van der Waals surface area contributed by atoms with Crippen LogP contribution in [0.25, 0.3) is 0 Å². The lowest BCUT2D eigenvalue weighted by molar-refractivity contribution is -0.134. The SMILES string of the molecule is COC(=O)/C=C/C(=O)c1cc(Cl)ccc1Cl. The van der Waals surface area contributed by atoms with Gasteiger partial charge in [0.05, 0.1) is 12.1 Å². The molecule has 0 unspecified atom stereocenters. The summed E-state index contributed by atoms with van der Waals surface area (Å²) in [6.07, 6.45) is 2.11. The van der Waals surface area contributed by atoms with Crippen LogP contribution in [0.3, 0.4) is 0 Å². The van der Waals surface area contributed by atoms with E-state index in [0.717, 1.165) is 12.2 Å². The van der Waals surface area contributed by atoms with Crippen LogP contribution in [-0.4, -0.2) is 18.9 Å². The molecular formula is C11H8Cl2O3. The van der Waals surface area contributed by atoms with E-state index in [0.29, 0.717) is 5.02 Å². The highest BCUT2D eigenvalue weighted by Gasteiger charge is 2.08. The highest BCUT2D eigenvalue weighted by atomic mass is 35.5. The number of hydrogen-bond acceptors (Lipinski definition) is 3. The molecule has 16 heavy (non-hydrogen) atoms. The van der Waals surface area contributed by atoms with Crippen molar-refractivity contribution in [3.05, 3.63) is 46.0 Å². The van der Waals surface area contributed by atoms with Gasteiger partial charge in [0.1, 0.15) is 0 Å². The lowest BCUT2D eigenvalue weighted by Crippen LogP contribution is -1.99. The van der Waals surface area contributed by atoms with Crippen molar-refractivity contribution < 1.29 is 14.3 Å². The molecule has 84 valence electrons. The van der Waals surface area contributed by atoms with Crippen LogP contribution in [0, 0.1) is 0 Å². The maximum absolute atomic E-state index is 11.6. The smallest absolute Gasteiger partial charge is 0.330 e. The Labute approximate surface area is 103 Å². The first kappa shape index (κ1) is 12.7. The number of allylic oxidation sites excluding steroid dienone is 1. The maximum Gasteiger partial charge on any atom is 0.330 e. The minimum atomic E-state index is -0.605. The molecule has 0 aliphatic heterocycles. The number of halogens is 2. The van der Waals surface area contributed by atoms with Crippen LogP contribution in [0.4, 0.5) is 0 Å². The normalized spacial score (nSPS) is 10.4. The molecular weight excluding hydrogens is 251 g/mol. The number of carbonyl (C=O) groups is 2. The number of esters is 1. The van der Waals surface area contributed by atoms with E-state index in [1.165, 1.54) is 19.2 Å². The zero-order chi connectivity index (χ0) is 12.1. The molecule has 0 aliphatic carbocycles. The third kappa shape index (κ3) is 3.36. The Hall–Kier alpha value is -1.32. The van der Waals surface area contributed by atoms with Gasteiger partial charge in [0.15, 0.2) is 5.78 Å². The van der Waals surface area contributed by atoms with Crippen LogP contribution in [0.5, 0.6) is 0 Å². The van der Waals surface area contributed by atoms with Gasteiger partial charge in [-0.2, -0.15) is 0 Å². The Morgan fingerprint density at radius 2 is 1.94 bits per heavy atom. The molecule has 1 aromatic rings. The third-order valence-electron chi connectivity index (χ3n) is 1.77. The van der Waals surface area contributed by atoms with Crippen molar-refractivity contribution in [3.8, 4) is 0 Å². The van der Waals surface area contributed by atoms with Gasteiger partial charge in [-0.05, 0) is 24.3 Å². The molecule has 0 heterocycles. The molecule has 3 nitrogen and oxygen atoms in total. The van der Waals surface area contributed by atoms with Gasteiger partial charge >= 0.3 is 5.97 Å². The van der Waals surface area contributed by atoms with Gasteiger partial charge < -0.3 is 4.74 Å². The molecule has 0 saturated carbocycles. The first-order chi connectivity index (χ1) is 7.54. The number of ether oxygens (including phenoxy) is 1. The van der Waals surface area contributed by atoms with E-state index in [2.05, 4.69) is 4.74 Å². The zero-order valence-corrected chi connectivity index (χ0v) is 9.88. The molecule has 0 radical (unpaired) electrons. The quantitative estimate of drug-likeness (QED) is 0.476. The molecule has 5 heteroatoms. The Balaban J connectivity index is 2.92. The van der Waals surface area contributed by atoms with Crippen molar-refractivity contribution in [1.82, 2.24) is 0 Å². The Morgan fingerprint density at radius 1 is 1.25 bits per heavy atom. The maximum atomic E-state index is 11.6. The predicted molar refractivity (Wildman–Crippen MR) is 61.9 cm³/mol. The van der Waals surface area contributed by atoms with Gasteiger partial charge in [-0.25, -0.2) is 4.79 Å². The minimum Gasteiger partial charge on any atom is -0.466 e. The monoisotopic (exact) mass is 258 g/mol. The minimum absolute atomic E-state index is 0.245. The van der Waals surface area contributed by atoms with E-state index in [1.54, 1.807) is 6.07 Å². The second-order valence-electron chi connectivity index (χ2n) is 2.84. The number of rotatable bonds is 3. The van der Waals surface area contributed by atoms with Gasteiger partial charge in [-0.15, -0.1) is 0 Å².